The standard InChI is InChI=1S/C9H14N4O3S/c1-5(4-17)8(14)13-3-6(11-12-10)2-7(13)9(15)16/h5-7,17H,2-4H2,1H3,(H,15,16)/t5?,6?,7-/m0/s1. The Labute approximate surface area is 104 Å². The lowest BCUT2D eigenvalue weighted by atomic mass is 10.1. The molecule has 0 spiro atoms. The molecule has 3 atom stereocenters. The van der Waals surface area contributed by atoms with E-state index in [-0.39, 0.29) is 24.8 Å². The molecule has 7 nitrogen and oxygen atoms in total. The highest BCUT2D eigenvalue weighted by molar-refractivity contribution is 7.80. The van der Waals surface area contributed by atoms with E-state index in [2.05, 4.69) is 22.7 Å². The summed E-state index contributed by atoms with van der Waals surface area (Å²) in [5.74, 6) is -1.32. The zero-order chi connectivity index (χ0) is 13.0. The lowest BCUT2D eigenvalue weighted by Crippen LogP contribution is -2.43. The summed E-state index contributed by atoms with van der Waals surface area (Å²) in [5, 5.41) is 12.5. The van der Waals surface area contributed by atoms with Crippen LogP contribution >= 0.6 is 12.6 Å². The molecule has 17 heavy (non-hydrogen) atoms. The van der Waals surface area contributed by atoms with E-state index in [0.717, 1.165) is 0 Å². The Kier molecular flexibility index (Phi) is 4.65. The Morgan fingerprint density at radius 3 is 2.82 bits per heavy atom. The van der Waals surface area contributed by atoms with Gasteiger partial charge in [0.05, 0.1) is 6.04 Å². The van der Waals surface area contributed by atoms with Crippen LogP contribution in [-0.2, 0) is 9.59 Å². The molecule has 0 aromatic heterocycles. The first-order valence-corrected chi connectivity index (χ1v) is 5.82. The topological polar surface area (TPSA) is 106 Å². The minimum atomic E-state index is -1.07. The molecule has 1 N–H and O–H groups in total. The highest BCUT2D eigenvalue weighted by Gasteiger charge is 2.40. The van der Waals surface area contributed by atoms with E-state index in [1.54, 1.807) is 6.92 Å². The van der Waals surface area contributed by atoms with E-state index >= 15 is 0 Å². The lowest BCUT2D eigenvalue weighted by molar-refractivity contribution is -0.149. The molecular formula is C9H14N4O3S. The second kappa shape index (κ2) is 5.79. The van der Waals surface area contributed by atoms with Gasteiger partial charge < -0.3 is 10.0 Å². The molecule has 0 bridgehead atoms. The predicted octanol–water partition coefficient (Wildman–Crippen LogP) is 0.917. The maximum Gasteiger partial charge on any atom is 0.326 e. The number of carbonyl (C=O) groups is 2. The van der Waals surface area contributed by atoms with Crippen LogP contribution in [0.5, 0.6) is 0 Å². The van der Waals surface area contributed by atoms with Crippen LogP contribution in [0.3, 0.4) is 0 Å². The van der Waals surface area contributed by atoms with Crippen LogP contribution in [0.1, 0.15) is 13.3 Å². The molecule has 0 aliphatic carbocycles. The predicted molar refractivity (Wildman–Crippen MR) is 63.7 cm³/mol. The Morgan fingerprint density at radius 1 is 1.71 bits per heavy atom. The molecule has 1 aliphatic rings. The van der Waals surface area contributed by atoms with E-state index in [1.165, 1.54) is 4.90 Å². The van der Waals surface area contributed by atoms with Gasteiger partial charge >= 0.3 is 5.97 Å². The average molecular weight is 258 g/mol. The zero-order valence-electron chi connectivity index (χ0n) is 9.35. The van der Waals surface area contributed by atoms with Crippen molar-refractivity contribution in [1.82, 2.24) is 4.90 Å². The molecular weight excluding hydrogens is 244 g/mol. The van der Waals surface area contributed by atoms with Gasteiger partial charge in [0.15, 0.2) is 0 Å². The summed E-state index contributed by atoms with van der Waals surface area (Å²) in [4.78, 5) is 26.9. The molecule has 94 valence electrons. The fourth-order valence-corrected chi connectivity index (χ4v) is 1.97. The largest absolute Gasteiger partial charge is 0.480 e. The van der Waals surface area contributed by atoms with Crippen molar-refractivity contribution in [3.8, 4) is 0 Å². The van der Waals surface area contributed by atoms with E-state index in [0.29, 0.717) is 5.75 Å². The molecule has 1 heterocycles. The average Bonchev–Trinajstić information content (AvgIpc) is 2.71. The van der Waals surface area contributed by atoms with E-state index in [1.807, 2.05) is 0 Å². The quantitative estimate of drug-likeness (QED) is 0.339. The van der Waals surface area contributed by atoms with Crippen LogP contribution in [-0.4, -0.2) is 46.3 Å². The van der Waals surface area contributed by atoms with Crippen LogP contribution in [0.4, 0.5) is 0 Å². The first kappa shape index (κ1) is 13.7. The van der Waals surface area contributed by atoms with Crippen molar-refractivity contribution < 1.29 is 14.7 Å². The molecule has 1 rings (SSSR count). The fraction of sp³-hybridized carbons (Fsp3) is 0.778. The molecule has 1 fully saturated rings. The van der Waals surface area contributed by atoms with E-state index < -0.39 is 18.1 Å². The second-order valence-electron chi connectivity index (χ2n) is 4.02. The number of nitrogens with zero attached hydrogens (tertiary/aromatic N) is 4. The van der Waals surface area contributed by atoms with Crippen molar-refractivity contribution >= 4 is 24.5 Å². The van der Waals surface area contributed by atoms with Crippen LogP contribution in [0, 0.1) is 5.92 Å². The fourth-order valence-electron chi connectivity index (χ4n) is 1.81. The highest BCUT2D eigenvalue weighted by Crippen LogP contribution is 2.23. The summed E-state index contributed by atoms with van der Waals surface area (Å²) in [6.45, 7) is 1.85. The van der Waals surface area contributed by atoms with E-state index in [4.69, 9.17) is 10.6 Å². The number of hydrogen-bond acceptors (Lipinski definition) is 4. The van der Waals surface area contributed by atoms with Crippen molar-refractivity contribution in [1.29, 1.82) is 0 Å². The van der Waals surface area contributed by atoms with Gasteiger partial charge in [-0.3, -0.25) is 4.79 Å². The van der Waals surface area contributed by atoms with Crippen LogP contribution in [0.2, 0.25) is 0 Å². The van der Waals surface area contributed by atoms with Gasteiger partial charge in [-0.2, -0.15) is 12.6 Å². The SMILES string of the molecule is CC(CS)C(=O)N1CC(N=[N+]=[N-])C[C@H]1C(=O)O. The maximum atomic E-state index is 11.9. The van der Waals surface area contributed by atoms with Gasteiger partial charge in [0, 0.05) is 23.1 Å². The van der Waals surface area contributed by atoms with Crippen molar-refractivity contribution in [3.05, 3.63) is 10.4 Å². The second-order valence-corrected chi connectivity index (χ2v) is 4.39. The summed E-state index contributed by atoms with van der Waals surface area (Å²) in [6.07, 6.45) is 0.171. The Bertz CT molecular complexity index is 369. The van der Waals surface area contributed by atoms with Gasteiger partial charge in [0.1, 0.15) is 6.04 Å². The summed E-state index contributed by atoms with van der Waals surface area (Å²) in [6, 6.07) is -1.36. The van der Waals surface area contributed by atoms with Crippen LogP contribution in [0.25, 0.3) is 10.4 Å². The summed E-state index contributed by atoms with van der Waals surface area (Å²) in [7, 11) is 0. The van der Waals surface area contributed by atoms with Crippen LogP contribution < -0.4 is 0 Å². The maximum absolute atomic E-state index is 11.9. The zero-order valence-corrected chi connectivity index (χ0v) is 10.2. The van der Waals surface area contributed by atoms with E-state index in [9.17, 15) is 9.59 Å². The van der Waals surface area contributed by atoms with Gasteiger partial charge in [-0.15, -0.1) is 0 Å². The molecule has 1 saturated heterocycles. The molecule has 0 radical (unpaired) electrons. The van der Waals surface area contributed by atoms with Gasteiger partial charge in [-0.1, -0.05) is 12.0 Å². The van der Waals surface area contributed by atoms with Gasteiger partial charge in [-0.05, 0) is 12.0 Å². The number of carbonyl (C=O) groups excluding carboxylic acids is 1. The third-order valence-electron chi connectivity index (χ3n) is 2.76. The number of amides is 1. The number of rotatable bonds is 4. The third-order valence-corrected chi connectivity index (χ3v) is 3.31. The molecule has 8 heteroatoms. The van der Waals surface area contributed by atoms with Crippen molar-refractivity contribution in [2.45, 2.75) is 25.4 Å². The minimum absolute atomic E-state index is 0.165. The van der Waals surface area contributed by atoms with Crippen molar-refractivity contribution in [2.24, 2.45) is 11.0 Å². The molecule has 0 saturated carbocycles. The van der Waals surface area contributed by atoms with Crippen molar-refractivity contribution in [2.75, 3.05) is 12.3 Å². The number of thiol groups is 1. The molecule has 1 aliphatic heterocycles. The third kappa shape index (κ3) is 3.04. The summed E-state index contributed by atoms with van der Waals surface area (Å²) >= 11 is 4.02. The Balaban J connectivity index is 2.84. The smallest absolute Gasteiger partial charge is 0.326 e. The molecule has 1 amide bonds. The normalized spacial score (nSPS) is 25.2. The number of carboxylic acids is 1. The van der Waals surface area contributed by atoms with Gasteiger partial charge in [0.25, 0.3) is 0 Å². The summed E-state index contributed by atoms with van der Waals surface area (Å²) < 4.78 is 0. The Hall–Kier alpha value is -1.40. The number of hydrogen-bond donors (Lipinski definition) is 2. The molecule has 0 aromatic carbocycles. The molecule has 2 unspecified atom stereocenters. The lowest BCUT2D eigenvalue weighted by Gasteiger charge is -2.24. The van der Waals surface area contributed by atoms with Crippen LogP contribution in [0.15, 0.2) is 5.11 Å². The number of aliphatic carboxylic acids is 1. The minimum Gasteiger partial charge on any atom is -0.480 e. The number of carboxylic acid groups (broad SMARTS) is 1. The first-order valence-electron chi connectivity index (χ1n) is 5.19. The monoisotopic (exact) mass is 258 g/mol. The van der Waals surface area contributed by atoms with Gasteiger partial charge in [-0.25, -0.2) is 4.79 Å². The first-order chi connectivity index (χ1) is 8.01. The highest BCUT2D eigenvalue weighted by atomic mass is 32.1. The number of likely N-dealkylation sites (tertiary alicyclic amines) is 1. The summed E-state index contributed by atoms with van der Waals surface area (Å²) in [5.41, 5.74) is 8.33. The van der Waals surface area contributed by atoms with Gasteiger partial charge in [0.2, 0.25) is 5.91 Å². The number of azide groups is 1. The van der Waals surface area contributed by atoms with Crippen molar-refractivity contribution in [3.63, 3.8) is 0 Å². The molecule has 0 aromatic rings. The Morgan fingerprint density at radius 2 is 2.35 bits per heavy atom.